The van der Waals surface area contributed by atoms with Crippen molar-refractivity contribution in [3.63, 3.8) is 0 Å². The maximum Gasteiger partial charge on any atom is 0.248 e. The van der Waals surface area contributed by atoms with Crippen molar-refractivity contribution in [3.05, 3.63) is 34.7 Å². The number of likely N-dealkylation sites (tertiary alicyclic amines) is 1. The highest BCUT2D eigenvalue weighted by molar-refractivity contribution is 7.15. The summed E-state index contributed by atoms with van der Waals surface area (Å²) in [4.78, 5) is 31.4. The smallest absolute Gasteiger partial charge is 0.248 e. The van der Waals surface area contributed by atoms with Gasteiger partial charge in [-0.1, -0.05) is 0 Å². The Labute approximate surface area is 132 Å². The minimum absolute atomic E-state index is 0.0250. The number of rotatable bonds is 4. The summed E-state index contributed by atoms with van der Waals surface area (Å²) in [6.45, 7) is 4.19. The highest BCUT2D eigenvalue weighted by Gasteiger charge is 2.36. The molecule has 1 aliphatic rings. The standard InChI is InChI=1S/C15H17N3O3S/c1-9-10(2)22-15(16-9)17-14(20)12-5-6-13(19)18(12)8-11-4-3-7-21-11/h3-4,7,12H,5-6,8H2,1-2H3,(H,16,17,20)/t12-/m1/s1. The molecule has 3 heterocycles. The molecular weight excluding hydrogens is 302 g/mol. The van der Waals surface area contributed by atoms with E-state index in [9.17, 15) is 9.59 Å². The van der Waals surface area contributed by atoms with Gasteiger partial charge in [0, 0.05) is 11.3 Å². The molecule has 22 heavy (non-hydrogen) atoms. The highest BCUT2D eigenvalue weighted by atomic mass is 32.1. The highest BCUT2D eigenvalue weighted by Crippen LogP contribution is 2.25. The third-order valence-electron chi connectivity index (χ3n) is 3.80. The average Bonchev–Trinajstić information content (AvgIpc) is 3.16. The molecule has 0 unspecified atom stereocenters. The Bertz CT molecular complexity index is 673. The number of furan rings is 1. The average molecular weight is 319 g/mol. The first-order valence-electron chi connectivity index (χ1n) is 7.11. The molecule has 0 saturated carbocycles. The summed E-state index contributed by atoms with van der Waals surface area (Å²) >= 11 is 1.44. The number of aromatic nitrogens is 1. The van der Waals surface area contributed by atoms with Crippen molar-refractivity contribution in [3.8, 4) is 0 Å². The molecule has 116 valence electrons. The van der Waals surface area contributed by atoms with Gasteiger partial charge >= 0.3 is 0 Å². The van der Waals surface area contributed by atoms with Crippen LogP contribution in [-0.2, 0) is 16.1 Å². The Balaban J connectivity index is 1.71. The molecule has 2 amide bonds. The molecule has 6 nitrogen and oxygen atoms in total. The van der Waals surface area contributed by atoms with Gasteiger partial charge in [0.2, 0.25) is 11.8 Å². The lowest BCUT2D eigenvalue weighted by atomic mass is 10.2. The summed E-state index contributed by atoms with van der Waals surface area (Å²) in [5.74, 6) is 0.461. The fourth-order valence-corrected chi connectivity index (χ4v) is 3.31. The second kappa shape index (κ2) is 5.92. The van der Waals surface area contributed by atoms with Crippen molar-refractivity contribution in [2.24, 2.45) is 0 Å². The van der Waals surface area contributed by atoms with E-state index in [1.165, 1.54) is 11.3 Å². The lowest BCUT2D eigenvalue weighted by molar-refractivity contribution is -0.134. The summed E-state index contributed by atoms with van der Waals surface area (Å²) in [6.07, 6.45) is 2.47. The van der Waals surface area contributed by atoms with Gasteiger partial charge in [-0.15, -0.1) is 11.3 Å². The first kappa shape index (κ1) is 14.8. The zero-order chi connectivity index (χ0) is 15.7. The molecular formula is C15H17N3O3S. The lowest BCUT2D eigenvalue weighted by Gasteiger charge is -2.22. The minimum Gasteiger partial charge on any atom is -0.467 e. The number of nitrogens with one attached hydrogen (secondary N) is 1. The minimum atomic E-state index is -0.470. The number of carbonyl (C=O) groups excluding carboxylic acids is 2. The van der Waals surface area contributed by atoms with E-state index in [0.717, 1.165) is 10.6 Å². The molecule has 1 saturated heterocycles. The Morgan fingerprint density at radius 3 is 3.00 bits per heavy atom. The second-order valence-electron chi connectivity index (χ2n) is 5.31. The zero-order valence-electron chi connectivity index (χ0n) is 12.5. The van der Waals surface area contributed by atoms with Crippen LogP contribution in [0.4, 0.5) is 5.13 Å². The van der Waals surface area contributed by atoms with E-state index < -0.39 is 6.04 Å². The number of amides is 2. The maximum atomic E-state index is 12.5. The fourth-order valence-electron chi connectivity index (χ4n) is 2.49. The van der Waals surface area contributed by atoms with Crippen LogP contribution in [0.1, 0.15) is 29.2 Å². The Hall–Kier alpha value is -2.15. The molecule has 1 aliphatic heterocycles. The van der Waals surface area contributed by atoms with Gasteiger partial charge in [0.1, 0.15) is 11.8 Å². The van der Waals surface area contributed by atoms with Crippen LogP contribution in [0.5, 0.6) is 0 Å². The molecule has 0 aromatic carbocycles. The maximum absolute atomic E-state index is 12.5. The van der Waals surface area contributed by atoms with Crippen LogP contribution in [0, 0.1) is 13.8 Å². The summed E-state index contributed by atoms with van der Waals surface area (Å²) < 4.78 is 5.27. The SMILES string of the molecule is Cc1nc(NC(=O)[C@H]2CCC(=O)N2Cc2ccco2)sc1C. The van der Waals surface area contributed by atoms with Gasteiger partial charge < -0.3 is 14.6 Å². The van der Waals surface area contributed by atoms with E-state index >= 15 is 0 Å². The predicted molar refractivity (Wildman–Crippen MR) is 82.5 cm³/mol. The van der Waals surface area contributed by atoms with Crippen molar-refractivity contribution in [2.45, 2.75) is 39.3 Å². The molecule has 0 bridgehead atoms. The first-order valence-corrected chi connectivity index (χ1v) is 7.93. The number of hydrogen-bond acceptors (Lipinski definition) is 5. The number of hydrogen-bond donors (Lipinski definition) is 1. The van der Waals surface area contributed by atoms with Crippen LogP contribution in [0.2, 0.25) is 0 Å². The lowest BCUT2D eigenvalue weighted by Crippen LogP contribution is -2.41. The Morgan fingerprint density at radius 1 is 1.55 bits per heavy atom. The van der Waals surface area contributed by atoms with Gasteiger partial charge in [-0.3, -0.25) is 9.59 Å². The van der Waals surface area contributed by atoms with Gasteiger partial charge in [-0.25, -0.2) is 4.98 Å². The van der Waals surface area contributed by atoms with Crippen molar-refractivity contribution >= 4 is 28.3 Å². The summed E-state index contributed by atoms with van der Waals surface area (Å²) in [7, 11) is 0. The molecule has 1 atom stereocenters. The molecule has 0 aliphatic carbocycles. The van der Waals surface area contributed by atoms with Crippen molar-refractivity contribution in [1.29, 1.82) is 0 Å². The van der Waals surface area contributed by atoms with Crippen LogP contribution >= 0.6 is 11.3 Å². The normalized spacial score (nSPS) is 18.0. The van der Waals surface area contributed by atoms with E-state index in [2.05, 4.69) is 10.3 Å². The van der Waals surface area contributed by atoms with Gasteiger partial charge in [-0.2, -0.15) is 0 Å². The number of nitrogens with zero attached hydrogens (tertiary/aromatic N) is 2. The summed E-state index contributed by atoms with van der Waals surface area (Å²) in [5.41, 5.74) is 0.912. The van der Waals surface area contributed by atoms with Gasteiger partial charge in [-0.05, 0) is 32.4 Å². The molecule has 0 spiro atoms. The van der Waals surface area contributed by atoms with E-state index in [1.54, 1.807) is 23.3 Å². The van der Waals surface area contributed by atoms with Crippen LogP contribution < -0.4 is 5.32 Å². The molecule has 7 heteroatoms. The fraction of sp³-hybridized carbons (Fsp3) is 0.400. The van der Waals surface area contributed by atoms with Crippen LogP contribution in [-0.4, -0.2) is 27.7 Å². The van der Waals surface area contributed by atoms with Crippen molar-refractivity contribution < 1.29 is 14.0 Å². The number of anilines is 1. The molecule has 1 N–H and O–H groups in total. The van der Waals surface area contributed by atoms with Gasteiger partial charge in [0.05, 0.1) is 18.5 Å². The van der Waals surface area contributed by atoms with Crippen LogP contribution in [0.25, 0.3) is 0 Å². The number of carbonyl (C=O) groups is 2. The predicted octanol–water partition coefficient (Wildman–Crippen LogP) is 2.48. The second-order valence-corrected chi connectivity index (χ2v) is 6.51. The van der Waals surface area contributed by atoms with E-state index in [-0.39, 0.29) is 11.8 Å². The first-order chi connectivity index (χ1) is 10.5. The van der Waals surface area contributed by atoms with Crippen LogP contribution in [0.3, 0.4) is 0 Å². The van der Waals surface area contributed by atoms with Crippen molar-refractivity contribution in [1.82, 2.24) is 9.88 Å². The molecule has 0 radical (unpaired) electrons. The third-order valence-corrected chi connectivity index (χ3v) is 4.78. The molecule has 3 rings (SSSR count). The number of aryl methyl sites for hydroxylation is 2. The summed E-state index contributed by atoms with van der Waals surface area (Å²) in [5, 5.41) is 3.40. The quantitative estimate of drug-likeness (QED) is 0.939. The van der Waals surface area contributed by atoms with Crippen LogP contribution in [0.15, 0.2) is 22.8 Å². The van der Waals surface area contributed by atoms with E-state index in [1.807, 2.05) is 13.8 Å². The third kappa shape index (κ3) is 2.89. The molecule has 1 fully saturated rings. The van der Waals surface area contributed by atoms with Crippen molar-refractivity contribution in [2.75, 3.05) is 5.32 Å². The topological polar surface area (TPSA) is 75.4 Å². The van der Waals surface area contributed by atoms with Gasteiger partial charge in [0.25, 0.3) is 0 Å². The van der Waals surface area contributed by atoms with E-state index in [0.29, 0.717) is 30.3 Å². The monoisotopic (exact) mass is 319 g/mol. The number of thiazole rings is 1. The Morgan fingerprint density at radius 2 is 2.36 bits per heavy atom. The molecule has 2 aromatic heterocycles. The molecule has 2 aromatic rings. The van der Waals surface area contributed by atoms with Gasteiger partial charge in [0.15, 0.2) is 5.13 Å². The zero-order valence-corrected chi connectivity index (χ0v) is 13.3. The Kier molecular flexibility index (Phi) is 3.98. The summed E-state index contributed by atoms with van der Waals surface area (Å²) in [6, 6.07) is 3.10. The largest absolute Gasteiger partial charge is 0.467 e. The van der Waals surface area contributed by atoms with E-state index in [4.69, 9.17) is 4.42 Å².